The third-order valence-electron chi connectivity index (χ3n) is 5.29. The van der Waals surface area contributed by atoms with E-state index < -0.39 is 24.3 Å². The van der Waals surface area contributed by atoms with Crippen molar-refractivity contribution in [3.8, 4) is 0 Å². The number of azide groups is 1. The molecule has 1 aromatic carbocycles. The molecular weight excluding hydrogens is 321 g/mol. The number of esters is 1. The summed E-state index contributed by atoms with van der Waals surface area (Å²) in [7, 11) is 0.657. The number of nitrogens with zero attached hydrogens (tertiary/aromatic N) is 3. The maximum atomic E-state index is 12.3. The van der Waals surface area contributed by atoms with Crippen LogP contribution in [0.1, 0.15) is 54.7 Å². The maximum absolute atomic E-state index is 12.3. The number of ether oxygens (including phenoxy) is 1. The predicted octanol–water partition coefficient (Wildman–Crippen LogP) is 3.64. The molecule has 25 heavy (non-hydrogen) atoms. The van der Waals surface area contributed by atoms with Gasteiger partial charge in [0.05, 0.1) is 23.9 Å². The Bertz CT molecular complexity index is 767. The van der Waals surface area contributed by atoms with Gasteiger partial charge >= 0.3 is 13.1 Å². The van der Waals surface area contributed by atoms with Gasteiger partial charge in [-0.2, -0.15) is 0 Å². The van der Waals surface area contributed by atoms with Gasteiger partial charge in [0.1, 0.15) is 0 Å². The van der Waals surface area contributed by atoms with Crippen molar-refractivity contribution >= 4 is 24.2 Å². The largest absolute Gasteiger partial charge is 0.495 e. The molecule has 0 aliphatic carbocycles. The highest BCUT2D eigenvalue weighted by Crippen LogP contribution is 2.38. The normalized spacial score (nSPS) is 18.0. The van der Waals surface area contributed by atoms with E-state index in [-0.39, 0.29) is 0 Å². The summed E-state index contributed by atoms with van der Waals surface area (Å²) in [5.74, 6) is -0.484. The van der Waals surface area contributed by atoms with Crippen molar-refractivity contribution in [2.45, 2.75) is 59.7 Å². The first kappa shape index (κ1) is 19.3. The first-order chi connectivity index (χ1) is 11.5. The highest BCUT2D eigenvalue weighted by molar-refractivity contribution is 6.63. The molecule has 0 unspecified atom stereocenters. The summed E-state index contributed by atoms with van der Waals surface area (Å²) in [5.41, 5.74) is 11.4. The van der Waals surface area contributed by atoms with Gasteiger partial charge in [-0.25, -0.2) is 4.79 Å². The molecule has 0 radical (unpaired) electrons. The summed E-state index contributed by atoms with van der Waals surface area (Å²) in [4.78, 5) is 15.2. The third-order valence-corrected chi connectivity index (χ3v) is 5.29. The minimum absolute atomic E-state index is 0.375. The molecule has 1 aromatic rings. The van der Waals surface area contributed by atoms with E-state index in [1.165, 1.54) is 7.11 Å². The molecule has 1 heterocycles. The summed E-state index contributed by atoms with van der Waals surface area (Å²) in [6, 6.07) is 0. The van der Waals surface area contributed by atoms with Gasteiger partial charge in [-0.05, 0) is 76.2 Å². The Labute approximate surface area is 148 Å². The summed E-state index contributed by atoms with van der Waals surface area (Å²) < 4.78 is 17.2. The first-order valence-corrected chi connectivity index (χ1v) is 8.11. The van der Waals surface area contributed by atoms with Crippen molar-refractivity contribution in [3.63, 3.8) is 0 Å². The van der Waals surface area contributed by atoms with Gasteiger partial charge in [-0.15, -0.1) is 0 Å². The monoisotopic (exact) mass is 345 g/mol. The second-order valence-corrected chi connectivity index (χ2v) is 7.28. The lowest BCUT2D eigenvalue weighted by Gasteiger charge is -2.32. The first-order valence-electron chi connectivity index (χ1n) is 8.11. The highest BCUT2D eigenvalue weighted by atomic mass is 16.7. The van der Waals surface area contributed by atoms with Crippen LogP contribution in [0, 0.1) is 20.8 Å². The molecule has 0 atom stereocenters. The molecule has 0 saturated carbocycles. The number of carbonyl (C=O) groups excluding carboxylic acids is 1. The van der Waals surface area contributed by atoms with Crippen LogP contribution in [0.3, 0.4) is 0 Å². The van der Waals surface area contributed by atoms with E-state index in [1.807, 2.05) is 41.5 Å². The van der Waals surface area contributed by atoms with Gasteiger partial charge in [0.25, 0.3) is 0 Å². The van der Waals surface area contributed by atoms with Crippen molar-refractivity contribution in [1.82, 2.24) is 0 Å². The Hall–Kier alpha value is -2.02. The van der Waals surface area contributed by atoms with Crippen molar-refractivity contribution in [2.24, 2.45) is 5.11 Å². The quantitative estimate of drug-likeness (QED) is 0.275. The van der Waals surface area contributed by atoms with Crippen LogP contribution in [0.4, 0.5) is 5.69 Å². The lowest BCUT2D eigenvalue weighted by atomic mass is 9.71. The highest BCUT2D eigenvalue weighted by Gasteiger charge is 2.52. The molecule has 8 heteroatoms. The smallest absolute Gasteiger partial charge is 0.465 e. The predicted molar refractivity (Wildman–Crippen MR) is 96.5 cm³/mol. The Morgan fingerprint density at radius 1 is 1.08 bits per heavy atom. The number of carbonyl (C=O) groups is 1. The lowest BCUT2D eigenvalue weighted by molar-refractivity contribution is 0.00578. The molecule has 1 aliphatic rings. The van der Waals surface area contributed by atoms with Crippen LogP contribution in [-0.2, 0) is 14.0 Å². The Morgan fingerprint density at radius 3 is 2.04 bits per heavy atom. The average Bonchev–Trinajstić information content (AvgIpc) is 2.71. The van der Waals surface area contributed by atoms with Crippen LogP contribution in [0.15, 0.2) is 5.11 Å². The molecule has 0 bridgehead atoms. The fraction of sp³-hybridized carbons (Fsp3) is 0.588. The summed E-state index contributed by atoms with van der Waals surface area (Å²) >= 11 is 0. The van der Waals surface area contributed by atoms with Gasteiger partial charge in [0.2, 0.25) is 0 Å². The van der Waals surface area contributed by atoms with Crippen molar-refractivity contribution < 1.29 is 18.8 Å². The minimum Gasteiger partial charge on any atom is -0.465 e. The standard InChI is InChI=1S/C17H24BN3O4/c1-9-12(15(22)23-8)10(2)14(20-21-19)11(3)13(9)18-24-16(4,5)17(6,7)25-18/h1-8H3. The molecule has 0 N–H and O–H groups in total. The lowest BCUT2D eigenvalue weighted by Crippen LogP contribution is -2.41. The zero-order valence-electron chi connectivity index (χ0n) is 16.1. The second kappa shape index (κ2) is 6.37. The Kier molecular flexibility index (Phi) is 4.92. The van der Waals surface area contributed by atoms with Crippen molar-refractivity contribution in [1.29, 1.82) is 0 Å². The topological polar surface area (TPSA) is 93.5 Å². The maximum Gasteiger partial charge on any atom is 0.495 e. The number of methoxy groups -OCH3 is 1. The fourth-order valence-corrected chi connectivity index (χ4v) is 3.14. The molecule has 1 fully saturated rings. The van der Waals surface area contributed by atoms with Crippen LogP contribution in [0.25, 0.3) is 10.4 Å². The zero-order valence-corrected chi connectivity index (χ0v) is 16.1. The zero-order chi connectivity index (χ0) is 19.2. The summed E-state index contributed by atoms with van der Waals surface area (Å²) in [6.07, 6.45) is 0. The van der Waals surface area contributed by atoms with Gasteiger partial charge in [0, 0.05) is 10.6 Å². The van der Waals surface area contributed by atoms with Crippen molar-refractivity contribution in [2.75, 3.05) is 7.11 Å². The molecule has 0 spiro atoms. The van der Waals surface area contributed by atoms with Crippen LogP contribution in [0.5, 0.6) is 0 Å². The third kappa shape index (κ3) is 3.01. The fourth-order valence-electron chi connectivity index (χ4n) is 3.14. The number of benzene rings is 1. The second-order valence-electron chi connectivity index (χ2n) is 7.28. The molecule has 2 rings (SSSR count). The number of rotatable bonds is 3. The average molecular weight is 345 g/mol. The van der Waals surface area contributed by atoms with Crippen LogP contribution < -0.4 is 5.46 Å². The molecular formula is C17H24BN3O4. The molecule has 134 valence electrons. The van der Waals surface area contributed by atoms with E-state index in [0.717, 1.165) is 5.56 Å². The Balaban J connectivity index is 2.76. The Morgan fingerprint density at radius 2 is 1.60 bits per heavy atom. The number of hydrogen-bond donors (Lipinski definition) is 0. The van der Waals surface area contributed by atoms with Gasteiger partial charge in [-0.3, -0.25) is 0 Å². The molecule has 0 amide bonds. The molecule has 7 nitrogen and oxygen atoms in total. The number of hydrogen-bond acceptors (Lipinski definition) is 5. The SMILES string of the molecule is COC(=O)c1c(C)c(N=[N+]=[N-])c(C)c(B2OC(C)(C)C(C)(C)O2)c1C. The van der Waals surface area contributed by atoms with E-state index in [4.69, 9.17) is 19.6 Å². The van der Waals surface area contributed by atoms with Crippen LogP contribution >= 0.6 is 0 Å². The molecule has 1 saturated heterocycles. The van der Waals surface area contributed by atoms with E-state index in [0.29, 0.717) is 27.8 Å². The van der Waals surface area contributed by atoms with Gasteiger partial charge in [-0.1, -0.05) is 5.11 Å². The molecule has 0 aromatic heterocycles. The van der Waals surface area contributed by atoms with Crippen LogP contribution in [-0.4, -0.2) is 31.4 Å². The van der Waals surface area contributed by atoms with Gasteiger partial charge in [0.15, 0.2) is 0 Å². The van der Waals surface area contributed by atoms with Crippen molar-refractivity contribution in [3.05, 3.63) is 32.7 Å². The van der Waals surface area contributed by atoms with E-state index in [1.54, 1.807) is 6.92 Å². The molecule has 1 aliphatic heterocycles. The van der Waals surface area contributed by atoms with Gasteiger partial charge < -0.3 is 14.0 Å². The summed E-state index contributed by atoms with van der Waals surface area (Å²) in [5, 5.41) is 3.79. The van der Waals surface area contributed by atoms with E-state index >= 15 is 0 Å². The van der Waals surface area contributed by atoms with Crippen LogP contribution in [0.2, 0.25) is 0 Å². The van der Waals surface area contributed by atoms with E-state index in [9.17, 15) is 4.79 Å². The minimum atomic E-state index is -0.665. The van der Waals surface area contributed by atoms with E-state index in [2.05, 4.69) is 10.0 Å². The summed E-state index contributed by atoms with van der Waals surface area (Å²) in [6.45, 7) is 13.2.